The summed E-state index contributed by atoms with van der Waals surface area (Å²) in [6.45, 7) is 3.14. The molecule has 1 rings (SSSR count). The van der Waals surface area contributed by atoms with E-state index in [4.69, 9.17) is 14.2 Å². The number of nitrogens with zero attached hydrogens (tertiary/aromatic N) is 1. The molecule has 0 saturated carbocycles. The number of benzene rings is 1. The van der Waals surface area contributed by atoms with Crippen LogP contribution in [0.15, 0.2) is 24.3 Å². The van der Waals surface area contributed by atoms with E-state index in [1.807, 2.05) is 0 Å². The van der Waals surface area contributed by atoms with Crippen LogP contribution in [0.4, 0.5) is 10.5 Å². The van der Waals surface area contributed by atoms with Crippen LogP contribution in [-0.2, 0) is 23.8 Å². The zero-order valence-electron chi connectivity index (χ0n) is 13.6. The van der Waals surface area contributed by atoms with Crippen molar-refractivity contribution in [3.05, 3.63) is 34.4 Å². The van der Waals surface area contributed by atoms with Crippen molar-refractivity contribution in [1.29, 1.82) is 0 Å². The molecule has 0 aliphatic rings. The van der Waals surface area contributed by atoms with Gasteiger partial charge in [0, 0.05) is 19.1 Å². The molecule has 0 N–H and O–H groups in total. The van der Waals surface area contributed by atoms with Crippen molar-refractivity contribution < 1.29 is 38.3 Å². The third-order valence-electron chi connectivity index (χ3n) is 2.65. The summed E-state index contributed by atoms with van der Waals surface area (Å²) in [6.07, 6.45) is -2.75. The highest BCUT2D eigenvalue weighted by Gasteiger charge is 2.17. The second-order valence-electron chi connectivity index (χ2n) is 4.58. The first-order valence-corrected chi connectivity index (χ1v) is 7.29. The molecule has 25 heavy (non-hydrogen) atoms. The van der Waals surface area contributed by atoms with Gasteiger partial charge in [0.15, 0.2) is 0 Å². The van der Waals surface area contributed by atoms with Crippen LogP contribution in [0.5, 0.6) is 5.75 Å². The van der Waals surface area contributed by atoms with Gasteiger partial charge in [-0.1, -0.05) is 0 Å². The van der Waals surface area contributed by atoms with Gasteiger partial charge in [0.2, 0.25) is 6.29 Å². The van der Waals surface area contributed by atoms with Crippen LogP contribution in [0.25, 0.3) is 0 Å². The van der Waals surface area contributed by atoms with Gasteiger partial charge < -0.3 is 18.9 Å². The maximum atomic E-state index is 11.5. The van der Waals surface area contributed by atoms with E-state index >= 15 is 0 Å². The molecule has 0 bridgehead atoms. The Hall–Kier alpha value is -3.17. The number of ether oxygens (including phenoxy) is 4. The van der Waals surface area contributed by atoms with Crippen LogP contribution in [0.1, 0.15) is 26.7 Å². The van der Waals surface area contributed by atoms with Gasteiger partial charge in [0.05, 0.1) is 24.4 Å². The fourth-order valence-corrected chi connectivity index (χ4v) is 1.60. The highest BCUT2D eigenvalue weighted by Crippen LogP contribution is 2.18. The molecule has 10 nitrogen and oxygen atoms in total. The zero-order valence-corrected chi connectivity index (χ0v) is 13.6. The van der Waals surface area contributed by atoms with Gasteiger partial charge in [0.1, 0.15) is 5.75 Å². The Balaban J connectivity index is 2.36. The Morgan fingerprint density at radius 3 is 2.24 bits per heavy atom. The average Bonchev–Trinajstić information content (AvgIpc) is 2.53. The molecule has 1 atom stereocenters. The maximum absolute atomic E-state index is 11.5. The van der Waals surface area contributed by atoms with Crippen molar-refractivity contribution in [1.82, 2.24) is 0 Å². The summed E-state index contributed by atoms with van der Waals surface area (Å²) < 4.78 is 18.9. The standard InChI is InChI=1S/C15H17NO9/c1-3-22-13(17)8-9-14(18)23-10(2)24-15(19)25-12-6-4-11(5-7-12)16(20)21/h4-7,10H,3,8-9H2,1-2H3. The smallest absolute Gasteiger partial charge is 0.466 e. The third-order valence-corrected chi connectivity index (χ3v) is 2.65. The van der Waals surface area contributed by atoms with E-state index in [-0.39, 0.29) is 30.9 Å². The molecule has 0 aromatic heterocycles. The van der Waals surface area contributed by atoms with Crippen LogP contribution in [0.2, 0.25) is 0 Å². The van der Waals surface area contributed by atoms with Crippen LogP contribution >= 0.6 is 0 Å². The molecular formula is C15H17NO9. The summed E-state index contributed by atoms with van der Waals surface area (Å²) in [5.41, 5.74) is -0.162. The van der Waals surface area contributed by atoms with Gasteiger partial charge >= 0.3 is 18.1 Å². The van der Waals surface area contributed by atoms with E-state index in [0.717, 1.165) is 12.1 Å². The highest BCUT2D eigenvalue weighted by atomic mass is 16.8. The zero-order chi connectivity index (χ0) is 18.8. The van der Waals surface area contributed by atoms with Crippen molar-refractivity contribution in [3.8, 4) is 5.75 Å². The lowest BCUT2D eigenvalue weighted by atomic mass is 10.3. The van der Waals surface area contributed by atoms with Crippen molar-refractivity contribution >= 4 is 23.8 Å². The number of carbonyl (C=O) groups excluding carboxylic acids is 3. The number of nitro groups is 1. The van der Waals surface area contributed by atoms with Crippen molar-refractivity contribution in [2.45, 2.75) is 33.0 Å². The first-order chi connectivity index (χ1) is 11.8. The molecule has 0 aliphatic carbocycles. The molecule has 10 heteroatoms. The second-order valence-corrected chi connectivity index (χ2v) is 4.58. The summed E-state index contributed by atoms with van der Waals surface area (Å²) in [4.78, 5) is 44.0. The first kappa shape index (κ1) is 19.9. The molecule has 1 aromatic carbocycles. The molecule has 136 valence electrons. The molecule has 0 saturated heterocycles. The van der Waals surface area contributed by atoms with Gasteiger partial charge in [-0.2, -0.15) is 0 Å². The topological polar surface area (TPSA) is 131 Å². The molecule has 0 heterocycles. The SMILES string of the molecule is CCOC(=O)CCC(=O)OC(C)OC(=O)Oc1ccc([N+](=O)[O-])cc1. The van der Waals surface area contributed by atoms with Crippen LogP contribution in [0.3, 0.4) is 0 Å². The minimum Gasteiger partial charge on any atom is -0.466 e. The van der Waals surface area contributed by atoms with Gasteiger partial charge in [-0.05, 0) is 19.1 Å². The number of carbonyl (C=O) groups is 3. The van der Waals surface area contributed by atoms with E-state index in [0.29, 0.717) is 0 Å². The molecule has 0 spiro atoms. The second kappa shape index (κ2) is 9.85. The predicted molar refractivity (Wildman–Crippen MR) is 81.6 cm³/mol. The van der Waals surface area contributed by atoms with Gasteiger partial charge in [-0.3, -0.25) is 19.7 Å². The summed E-state index contributed by atoms with van der Waals surface area (Å²) in [5, 5.41) is 10.5. The van der Waals surface area contributed by atoms with Crippen LogP contribution in [-0.4, -0.2) is 35.9 Å². The monoisotopic (exact) mass is 355 g/mol. The minimum absolute atomic E-state index is 0.0245. The summed E-state index contributed by atoms with van der Waals surface area (Å²) in [7, 11) is 0. The lowest BCUT2D eigenvalue weighted by molar-refractivity contribution is -0.384. The Bertz CT molecular complexity index is 626. The van der Waals surface area contributed by atoms with E-state index in [1.165, 1.54) is 19.1 Å². The van der Waals surface area contributed by atoms with Crippen LogP contribution < -0.4 is 4.74 Å². The summed E-state index contributed by atoms with van der Waals surface area (Å²) in [6, 6.07) is 4.74. The summed E-state index contributed by atoms with van der Waals surface area (Å²) >= 11 is 0. The number of hydrogen-bond acceptors (Lipinski definition) is 9. The van der Waals surface area contributed by atoms with E-state index in [9.17, 15) is 24.5 Å². The number of hydrogen-bond donors (Lipinski definition) is 0. The predicted octanol–water partition coefficient (Wildman–Crippen LogP) is 2.34. The number of nitro benzene ring substituents is 1. The normalized spacial score (nSPS) is 11.1. The van der Waals surface area contributed by atoms with Gasteiger partial charge in [-0.15, -0.1) is 0 Å². The first-order valence-electron chi connectivity index (χ1n) is 7.29. The molecule has 0 radical (unpaired) electrons. The number of esters is 2. The molecule has 0 fully saturated rings. The molecule has 1 aromatic rings. The molecular weight excluding hydrogens is 338 g/mol. The van der Waals surface area contributed by atoms with Crippen LogP contribution in [0, 0.1) is 10.1 Å². The molecule has 0 aliphatic heterocycles. The molecule has 0 amide bonds. The van der Waals surface area contributed by atoms with Crippen molar-refractivity contribution in [2.24, 2.45) is 0 Å². The number of non-ortho nitro benzene ring substituents is 1. The van der Waals surface area contributed by atoms with Crippen molar-refractivity contribution in [3.63, 3.8) is 0 Å². The van der Waals surface area contributed by atoms with E-state index in [2.05, 4.69) is 4.74 Å². The fourth-order valence-electron chi connectivity index (χ4n) is 1.60. The van der Waals surface area contributed by atoms with Gasteiger partial charge in [0.25, 0.3) is 5.69 Å². The molecule has 1 unspecified atom stereocenters. The quantitative estimate of drug-likeness (QED) is 0.226. The minimum atomic E-state index is -1.24. The van der Waals surface area contributed by atoms with E-state index < -0.39 is 29.3 Å². The third kappa shape index (κ3) is 7.77. The maximum Gasteiger partial charge on any atom is 0.516 e. The lowest BCUT2D eigenvalue weighted by Crippen LogP contribution is -2.24. The Morgan fingerprint density at radius 2 is 1.68 bits per heavy atom. The Kier molecular flexibility index (Phi) is 7.83. The fraction of sp³-hybridized carbons (Fsp3) is 0.400. The summed E-state index contributed by atoms with van der Waals surface area (Å²) in [5.74, 6) is -1.26. The van der Waals surface area contributed by atoms with E-state index in [1.54, 1.807) is 6.92 Å². The Labute approximate surface area is 142 Å². The highest BCUT2D eigenvalue weighted by molar-refractivity contribution is 5.77. The average molecular weight is 355 g/mol. The largest absolute Gasteiger partial charge is 0.516 e. The Morgan fingerprint density at radius 1 is 1.08 bits per heavy atom. The number of rotatable bonds is 8. The van der Waals surface area contributed by atoms with Crippen molar-refractivity contribution in [2.75, 3.05) is 6.61 Å². The lowest BCUT2D eigenvalue weighted by Gasteiger charge is -2.13. The van der Waals surface area contributed by atoms with Gasteiger partial charge in [-0.25, -0.2) is 4.79 Å².